The number of phenols is 5. The average molecular weight is 302 g/mol. The van der Waals surface area contributed by atoms with Crippen LogP contribution in [0.15, 0.2) is 30.0 Å². The van der Waals surface area contributed by atoms with Gasteiger partial charge < -0.3 is 30.3 Å². The standard InChI is InChI=1S/C15H10O7/c16-8-3-1-6(11(18)13(8)20)5-10-12(19)7-2-4-9(17)14(21)15(7)22-10/h1-5,16-18,20-21H/b10-5-. The van der Waals surface area contributed by atoms with Crippen molar-refractivity contribution in [1.29, 1.82) is 0 Å². The van der Waals surface area contributed by atoms with E-state index in [1.165, 1.54) is 12.1 Å². The summed E-state index contributed by atoms with van der Waals surface area (Å²) in [5, 5.41) is 47.5. The molecule has 0 radical (unpaired) electrons. The third-order valence-electron chi connectivity index (χ3n) is 3.24. The molecule has 0 fully saturated rings. The summed E-state index contributed by atoms with van der Waals surface area (Å²) < 4.78 is 5.21. The molecule has 0 bridgehead atoms. The Morgan fingerprint density at radius 2 is 1.45 bits per heavy atom. The number of carbonyl (C=O) groups excluding carboxylic acids is 1. The Balaban J connectivity index is 2.07. The van der Waals surface area contributed by atoms with E-state index in [1.807, 2.05) is 0 Å². The summed E-state index contributed by atoms with van der Waals surface area (Å²) in [4.78, 5) is 12.1. The number of ether oxygens (including phenoxy) is 1. The third kappa shape index (κ3) is 1.87. The maximum atomic E-state index is 12.1. The second-order valence-corrected chi connectivity index (χ2v) is 4.62. The fourth-order valence-corrected chi connectivity index (χ4v) is 2.07. The summed E-state index contributed by atoms with van der Waals surface area (Å²) in [5.41, 5.74) is 0.0965. The van der Waals surface area contributed by atoms with E-state index in [0.717, 1.165) is 18.2 Å². The van der Waals surface area contributed by atoms with E-state index in [1.54, 1.807) is 0 Å². The molecule has 2 aromatic carbocycles. The number of hydrogen-bond acceptors (Lipinski definition) is 7. The van der Waals surface area contributed by atoms with E-state index in [2.05, 4.69) is 0 Å². The van der Waals surface area contributed by atoms with Crippen molar-refractivity contribution in [1.82, 2.24) is 0 Å². The van der Waals surface area contributed by atoms with Gasteiger partial charge in [0.15, 0.2) is 28.8 Å². The highest BCUT2D eigenvalue weighted by Gasteiger charge is 2.31. The summed E-state index contributed by atoms with van der Waals surface area (Å²) in [6.45, 7) is 0. The molecule has 2 aromatic rings. The number of benzene rings is 2. The van der Waals surface area contributed by atoms with Crippen LogP contribution in [0.2, 0.25) is 0 Å². The van der Waals surface area contributed by atoms with Crippen LogP contribution in [0.5, 0.6) is 34.5 Å². The quantitative estimate of drug-likeness (QED) is 0.401. The highest BCUT2D eigenvalue weighted by atomic mass is 16.5. The van der Waals surface area contributed by atoms with Crippen molar-refractivity contribution in [3.05, 3.63) is 41.2 Å². The van der Waals surface area contributed by atoms with Crippen LogP contribution < -0.4 is 4.74 Å². The molecule has 0 amide bonds. The smallest absolute Gasteiger partial charge is 0.232 e. The number of Topliss-reactive ketones (excluding diaryl/α,β-unsaturated/α-hetero) is 1. The summed E-state index contributed by atoms with van der Waals surface area (Å²) >= 11 is 0. The van der Waals surface area contributed by atoms with Crippen LogP contribution in [0.3, 0.4) is 0 Å². The molecule has 0 aliphatic carbocycles. The first-order valence-electron chi connectivity index (χ1n) is 6.13. The first-order valence-corrected chi connectivity index (χ1v) is 6.13. The largest absolute Gasteiger partial charge is 0.504 e. The number of allylic oxidation sites excluding steroid dienone is 1. The monoisotopic (exact) mass is 302 g/mol. The van der Waals surface area contributed by atoms with Gasteiger partial charge >= 0.3 is 0 Å². The molecular weight excluding hydrogens is 292 g/mol. The van der Waals surface area contributed by atoms with Gasteiger partial charge in [-0.2, -0.15) is 0 Å². The van der Waals surface area contributed by atoms with Gasteiger partial charge in [0.25, 0.3) is 0 Å². The minimum atomic E-state index is -0.724. The van der Waals surface area contributed by atoms with Gasteiger partial charge in [0.2, 0.25) is 17.3 Å². The van der Waals surface area contributed by atoms with Crippen LogP contribution in [-0.2, 0) is 0 Å². The Bertz CT molecular complexity index is 836. The van der Waals surface area contributed by atoms with E-state index < -0.39 is 34.5 Å². The molecule has 1 aliphatic heterocycles. The number of hydrogen-bond donors (Lipinski definition) is 5. The molecule has 7 nitrogen and oxygen atoms in total. The number of rotatable bonds is 1. The number of aromatic hydroxyl groups is 5. The maximum Gasteiger partial charge on any atom is 0.232 e. The van der Waals surface area contributed by atoms with Crippen molar-refractivity contribution in [3.8, 4) is 34.5 Å². The van der Waals surface area contributed by atoms with Crippen molar-refractivity contribution in [2.75, 3.05) is 0 Å². The van der Waals surface area contributed by atoms with E-state index in [4.69, 9.17) is 4.74 Å². The Hall–Kier alpha value is -3.35. The van der Waals surface area contributed by atoms with Crippen LogP contribution in [0.25, 0.3) is 6.08 Å². The molecule has 112 valence electrons. The van der Waals surface area contributed by atoms with E-state index in [-0.39, 0.29) is 22.6 Å². The average Bonchev–Trinajstić information content (AvgIpc) is 2.81. The predicted molar refractivity (Wildman–Crippen MR) is 74.1 cm³/mol. The lowest BCUT2D eigenvalue weighted by Gasteiger charge is -2.05. The lowest BCUT2D eigenvalue weighted by Crippen LogP contribution is -1.98. The van der Waals surface area contributed by atoms with Crippen LogP contribution in [-0.4, -0.2) is 31.3 Å². The number of ketones is 1. The number of fused-ring (bicyclic) bond motifs is 1. The molecule has 0 atom stereocenters. The van der Waals surface area contributed by atoms with Gasteiger partial charge in [-0.1, -0.05) is 0 Å². The summed E-state index contributed by atoms with van der Waals surface area (Å²) in [6.07, 6.45) is 1.15. The maximum absolute atomic E-state index is 12.1. The second-order valence-electron chi connectivity index (χ2n) is 4.62. The lowest BCUT2D eigenvalue weighted by atomic mass is 10.1. The Labute approximate surface area is 123 Å². The van der Waals surface area contributed by atoms with Crippen molar-refractivity contribution >= 4 is 11.9 Å². The van der Waals surface area contributed by atoms with Crippen LogP contribution in [0.4, 0.5) is 0 Å². The fraction of sp³-hybridized carbons (Fsp3) is 0. The topological polar surface area (TPSA) is 127 Å². The predicted octanol–water partition coefficient (Wildman–Crippen LogP) is 1.83. The normalized spacial score (nSPS) is 14.9. The molecule has 0 aromatic heterocycles. The number of phenolic OH excluding ortho intramolecular Hbond substituents is 5. The molecule has 22 heavy (non-hydrogen) atoms. The Kier molecular flexibility index (Phi) is 2.84. The molecule has 7 heteroatoms. The van der Waals surface area contributed by atoms with Gasteiger partial charge in [-0.25, -0.2) is 0 Å². The van der Waals surface area contributed by atoms with Crippen molar-refractivity contribution in [3.63, 3.8) is 0 Å². The third-order valence-corrected chi connectivity index (χ3v) is 3.24. The molecule has 1 heterocycles. The molecule has 1 aliphatic rings. The fourth-order valence-electron chi connectivity index (χ4n) is 2.07. The van der Waals surface area contributed by atoms with Crippen molar-refractivity contribution in [2.45, 2.75) is 0 Å². The lowest BCUT2D eigenvalue weighted by molar-refractivity contribution is 0.101. The molecule has 5 N–H and O–H groups in total. The molecule has 0 unspecified atom stereocenters. The van der Waals surface area contributed by atoms with Gasteiger partial charge in [-0.15, -0.1) is 0 Å². The minimum Gasteiger partial charge on any atom is -0.504 e. The molecule has 0 spiro atoms. The van der Waals surface area contributed by atoms with Crippen molar-refractivity contribution in [2.24, 2.45) is 0 Å². The molecule has 3 rings (SSSR count). The van der Waals surface area contributed by atoms with Gasteiger partial charge in [0, 0.05) is 5.56 Å². The van der Waals surface area contributed by atoms with E-state index in [9.17, 15) is 30.3 Å². The second kappa shape index (κ2) is 4.59. The first-order chi connectivity index (χ1) is 10.4. The molecule has 0 saturated heterocycles. The van der Waals surface area contributed by atoms with Gasteiger partial charge in [-0.3, -0.25) is 4.79 Å². The van der Waals surface area contributed by atoms with Crippen LogP contribution in [0, 0.1) is 0 Å². The summed E-state index contributed by atoms with van der Waals surface area (Å²) in [6, 6.07) is 4.86. The molecular formula is C15H10O7. The SMILES string of the molecule is O=C1/C(=C/c2ccc(O)c(O)c2O)Oc2c1ccc(O)c2O. The zero-order chi connectivity index (χ0) is 16.0. The Morgan fingerprint density at radius 1 is 0.818 bits per heavy atom. The summed E-state index contributed by atoms with van der Waals surface area (Å²) in [5.74, 6) is -3.80. The summed E-state index contributed by atoms with van der Waals surface area (Å²) in [7, 11) is 0. The zero-order valence-electron chi connectivity index (χ0n) is 10.9. The highest BCUT2D eigenvalue weighted by molar-refractivity contribution is 6.15. The van der Waals surface area contributed by atoms with E-state index in [0.29, 0.717) is 0 Å². The minimum absolute atomic E-state index is 0.0372. The van der Waals surface area contributed by atoms with Crippen molar-refractivity contribution < 1.29 is 35.1 Å². The van der Waals surface area contributed by atoms with E-state index >= 15 is 0 Å². The van der Waals surface area contributed by atoms with Crippen LogP contribution >= 0.6 is 0 Å². The zero-order valence-corrected chi connectivity index (χ0v) is 10.9. The van der Waals surface area contributed by atoms with Crippen LogP contribution in [0.1, 0.15) is 15.9 Å². The highest BCUT2D eigenvalue weighted by Crippen LogP contribution is 2.45. The van der Waals surface area contributed by atoms with Gasteiger partial charge in [0.05, 0.1) is 5.56 Å². The molecule has 0 saturated carbocycles. The first kappa shape index (κ1) is 13.6. The van der Waals surface area contributed by atoms with Gasteiger partial charge in [-0.05, 0) is 30.3 Å². The Morgan fingerprint density at radius 3 is 2.18 bits per heavy atom. The van der Waals surface area contributed by atoms with Gasteiger partial charge in [0.1, 0.15) is 0 Å². The number of carbonyl (C=O) groups is 1.